The van der Waals surface area contributed by atoms with Crippen LogP contribution in [0.15, 0.2) is 59.7 Å². The number of nitriles is 1. The number of rotatable bonds is 9. The minimum atomic E-state index is -0.627. The number of nitrogens with zero attached hydrogens (tertiary/aromatic N) is 3. The van der Waals surface area contributed by atoms with Gasteiger partial charge in [-0.3, -0.25) is 14.6 Å². The average Bonchev–Trinajstić information content (AvgIpc) is 2.87. The average molecular weight is 536 g/mol. The minimum absolute atomic E-state index is 0.118. The summed E-state index contributed by atoms with van der Waals surface area (Å²) >= 11 is 6.15. The molecule has 3 rings (SSSR count). The predicted molar refractivity (Wildman–Crippen MR) is 143 cm³/mol. The van der Waals surface area contributed by atoms with Gasteiger partial charge in [-0.1, -0.05) is 23.7 Å². The van der Waals surface area contributed by atoms with Crippen LogP contribution in [0.2, 0.25) is 5.02 Å². The third-order valence-electron chi connectivity index (χ3n) is 5.52. The Morgan fingerprint density at radius 3 is 2.55 bits per heavy atom. The first-order valence-corrected chi connectivity index (χ1v) is 12.5. The second-order valence-electron chi connectivity index (χ2n) is 9.61. The number of aromatic nitrogens is 2. The van der Waals surface area contributed by atoms with Crippen LogP contribution in [0.1, 0.15) is 48.7 Å². The zero-order valence-electron chi connectivity index (χ0n) is 21.6. The molecule has 0 aliphatic carbocycles. The molecule has 2 N–H and O–H groups in total. The first kappa shape index (κ1) is 28.4. The molecule has 0 aliphatic rings. The summed E-state index contributed by atoms with van der Waals surface area (Å²) in [4.78, 5) is 42.2. The topological polar surface area (TPSA) is 126 Å². The number of nitrogens with one attached hydrogen (secondary N) is 2. The number of aryl methyl sites for hydroxylation is 2. The van der Waals surface area contributed by atoms with Gasteiger partial charge in [0.15, 0.2) is 0 Å². The monoisotopic (exact) mass is 535 g/mol. The summed E-state index contributed by atoms with van der Waals surface area (Å²) in [5, 5.41) is 15.5. The van der Waals surface area contributed by atoms with Crippen LogP contribution in [-0.2, 0) is 42.0 Å². The molecule has 0 saturated heterocycles. The molecule has 1 aromatic carbocycles. The van der Waals surface area contributed by atoms with Crippen molar-refractivity contribution in [3.63, 3.8) is 0 Å². The Kier molecular flexibility index (Phi) is 9.63. The van der Waals surface area contributed by atoms with Crippen LogP contribution in [0.5, 0.6) is 0 Å². The number of carbonyl (C=O) groups excluding carboxylic acids is 2. The van der Waals surface area contributed by atoms with E-state index >= 15 is 0 Å². The van der Waals surface area contributed by atoms with Crippen LogP contribution >= 0.6 is 11.6 Å². The summed E-state index contributed by atoms with van der Waals surface area (Å²) in [6, 6.07) is 14.2. The molecule has 0 unspecified atom stereocenters. The molecule has 2 heterocycles. The maximum Gasteiger partial charge on any atom is 0.407 e. The van der Waals surface area contributed by atoms with E-state index in [0.29, 0.717) is 23.6 Å². The van der Waals surface area contributed by atoms with Gasteiger partial charge < -0.3 is 19.9 Å². The summed E-state index contributed by atoms with van der Waals surface area (Å²) in [7, 11) is 0. The third kappa shape index (κ3) is 8.46. The lowest BCUT2D eigenvalue weighted by Gasteiger charge is -2.20. The van der Waals surface area contributed by atoms with E-state index in [9.17, 15) is 19.6 Å². The van der Waals surface area contributed by atoms with E-state index in [-0.39, 0.29) is 36.2 Å². The van der Waals surface area contributed by atoms with Crippen molar-refractivity contribution in [2.75, 3.05) is 0 Å². The van der Waals surface area contributed by atoms with Crippen molar-refractivity contribution in [3.8, 4) is 6.07 Å². The van der Waals surface area contributed by atoms with Gasteiger partial charge in [0, 0.05) is 54.7 Å². The highest BCUT2D eigenvalue weighted by atomic mass is 35.5. The lowest BCUT2D eigenvalue weighted by Crippen LogP contribution is -2.33. The van der Waals surface area contributed by atoms with Gasteiger partial charge in [-0.05, 0) is 62.2 Å². The zero-order chi connectivity index (χ0) is 27.7. The number of halogens is 1. The number of ether oxygens (including phenoxy) is 1. The molecule has 0 bridgehead atoms. The first-order chi connectivity index (χ1) is 18.1. The Balaban J connectivity index is 1.67. The van der Waals surface area contributed by atoms with Crippen molar-refractivity contribution in [3.05, 3.63) is 98.2 Å². The van der Waals surface area contributed by atoms with Gasteiger partial charge in [0.05, 0.1) is 18.1 Å². The number of carbonyl (C=O) groups is 2. The highest BCUT2D eigenvalue weighted by molar-refractivity contribution is 6.30. The molecule has 198 valence electrons. The quantitative estimate of drug-likeness (QED) is 0.428. The molecule has 2 aromatic heterocycles. The summed E-state index contributed by atoms with van der Waals surface area (Å²) in [6.45, 7) is 5.98. The van der Waals surface area contributed by atoms with E-state index in [1.54, 1.807) is 57.4 Å². The zero-order valence-corrected chi connectivity index (χ0v) is 22.3. The standard InChI is InChI=1S/C28H30ClN5O4/c1-28(2,3)38-27(37)33-17-20-7-8-22(29)14-21(20)18-32-25(35)15-24-19(16-30)9-12-34(26(24)36)13-10-23-6-4-5-11-31-23/h4-9,11-12,14H,10,13,15,17-18H2,1-3H3,(H,32,35)(H,33,37). The van der Waals surface area contributed by atoms with E-state index in [4.69, 9.17) is 16.3 Å². The Morgan fingerprint density at radius 2 is 1.87 bits per heavy atom. The lowest BCUT2D eigenvalue weighted by atomic mass is 10.1. The fourth-order valence-corrected chi connectivity index (χ4v) is 3.88. The highest BCUT2D eigenvalue weighted by Gasteiger charge is 2.17. The van der Waals surface area contributed by atoms with Crippen molar-refractivity contribution >= 4 is 23.6 Å². The Bertz CT molecular complexity index is 1390. The van der Waals surface area contributed by atoms with E-state index in [1.165, 1.54) is 4.57 Å². The van der Waals surface area contributed by atoms with Gasteiger partial charge in [0.2, 0.25) is 5.91 Å². The van der Waals surface area contributed by atoms with Crippen LogP contribution in [0.4, 0.5) is 4.79 Å². The van der Waals surface area contributed by atoms with Crippen LogP contribution in [-0.4, -0.2) is 27.2 Å². The number of benzene rings is 1. The van der Waals surface area contributed by atoms with Crippen molar-refractivity contribution in [1.82, 2.24) is 20.2 Å². The van der Waals surface area contributed by atoms with Crippen molar-refractivity contribution in [2.24, 2.45) is 0 Å². The molecule has 0 atom stereocenters. The molecule has 0 spiro atoms. The molecule has 3 aromatic rings. The molecule has 38 heavy (non-hydrogen) atoms. The Labute approximate surface area is 226 Å². The summed E-state index contributed by atoms with van der Waals surface area (Å²) in [5.41, 5.74) is 1.55. The van der Waals surface area contributed by atoms with Gasteiger partial charge in [-0.25, -0.2) is 4.79 Å². The van der Waals surface area contributed by atoms with Crippen molar-refractivity contribution in [1.29, 1.82) is 5.26 Å². The molecule has 0 saturated carbocycles. The van der Waals surface area contributed by atoms with E-state index in [0.717, 1.165) is 11.3 Å². The fourth-order valence-electron chi connectivity index (χ4n) is 3.68. The second-order valence-corrected chi connectivity index (χ2v) is 10.0. The third-order valence-corrected chi connectivity index (χ3v) is 5.76. The van der Waals surface area contributed by atoms with Crippen LogP contribution in [0, 0.1) is 11.3 Å². The summed E-state index contributed by atoms with van der Waals surface area (Å²) < 4.78 is 6.75. The molecule has 9 nitrogen and oxygen atoms in total. The second kappa shape index (κ2) is 12.9. The number of amides is 2. The molecular formula is C28H30ClN5O4. The van der Waals surface area contributed by atoms with Gasteiger partial charge in [0.25, 0.3) is 5.56 Å². The van der Waals surface area contributed by atoms with Crippen LogP contribution < -0.4 is 16.2 Å². The smallest absolute Gasteiger partial charge is 0.407 e. The van der Waals surface area contributed by atoms with E-state index < -0.39 is 17.6 Å². The molecular weight excluding hydrogens is 506 g/mol. The summed E-state index contributed by atoms with van der Waals surface area (Å²) in [6.07, 6.45) is 2.97. The number of hydrogen-bond donors (Lipinski definition) is 2. The SMILES string of the molecule is CC(C)(C)OC(=O)NCc1ccc(Cl)cc1CNC(=O)Cc1c(C#N)ccn(CCc2ccccn2)c1=O. The number of alkyl carbamates (subject to hydrolysis) is 1. The maximum absolute atomic E-state index is 13.1. The molecule has 2 amide bonds. The Morgan fingerprint density at radius 1 is 1.11 bits per heavy atom. The van der Waals surface area contributed by atoms with E-state index in [1.807, 2.05) is 24.3 Å². The van der Waals surface area contributed by atoms with Gasteiger partial charge in [0.1, 0.15) is 5.60 Å². The van der Waals surface area contributed by atoms with E-state index in [2.05, 4.69) is 15.6 Å². The summed E-state index contributed by atoms with van der Waals surface area (Å²) in [5.74, 6) is -0.424. The minimum Gasteiger partial charge on any atom is -0.444 e. The first-order valence-electron chi connectivity index (χ1n) is 12.1. The number of hydrogen-bond acceptors (Lipinski definition) is 6. The number of pyridine rings is 2. The largest absolute Gasteiger partial charge is 0.444 e. The molecule has 10 heteroatoms. The molecule has 0 radical (unpaired) electrons. The Hall–Kier alpha value is -4.16. The fraction of sp³-hybridized carbons (Fsp3) is 0.321. The van der Waals surface area contributed by atoms with Crippen molar-refractivity contribution < 1.29 is 14.3 Å². The van der Waals surface area contributed by atoms with Crippen LogP contribution in [0.3, 0.4) is 0 Å². The predicted octanol–water partition coefficient (Wildman–Crippen LogP) is 3.89. The van der Waals surface area contributed by atoms with Gasteiger partial charge >= 0.3 is 6.09 Å². The maximum atomic E-state index is 13.1. The van der Waals surface area contributed by atoms with Crippen LogP contribution in [0.25, 0.3) is 0 Å². The highest BCUT2D eigenvalue weighted by Crippen LogP contribution is 2.17. The lowest BCUT2D eigenvalue weighted by molar-refractivity contribution is -0.120. The van der Waals surface area contributed by atoms with Gasteiger partial charge in [-0.15, -0.1) is 0 Å². The van der Waals surface area contributed by atoms with Gasteiger partial charge in [-0.2, -0.15) is 5.26 Å². The normalized spacial score (nSPS) is 10.9. The molecule has 0 aliphatic heterocycles. The van der Waals surface area contributed by atoms with Crippen molar-refractivity contribution in [2.45, 2.75) is 58.8 Å². The molecule has 0 fully saturated rings.